The summed E-state index contributed by atoms with van der Waals surface area (Å²) >= 11 is 0. The van der Waals surface area contributed by atoms with Crippen LogP contribution in [0, 0.1) is 0 Å². The van der Waals surface area contributed by atoms with E-state index in [4.69, 9.17) is 5.11 Å². The molecule has 0 aromatic carbocycles. The Bertz CT molecular complexity index is 354. The van der Waals surface area contributed by atoms with Crippen molar-refractivity contribution < 1.29 is 5.11 Å². The summed E-state index contributed by atoms with van der Waals surface area (Å²) in [4.78, 5) is 6.60. The van der Waals surface area contributed by atoms with E-state index < -0.39 is 0 Å². The van der Waals surface area contributed by atoms with Crippen LogP contribution in [0.2, 0.25) is 0 Å². The van der Waals surface area contributed by atoms with Crippen molar-refractivity contribution in [3.63, 3.8) is 0 Å². The summed E-state index contributed by atoms with van der Waals surface area (Å²) in [5.41, 5.74) is 1.96. The molecule has 2 rings (SSSR count). The van der Waals surface area contributed by atoms with Crippen LogP contribution in [0.5, 0.6) is 0 Å². The zero-order valence-electron chi connectivity index (χ0n) is 10.1. The lowest BCUT2D eigenvalue weighted by Gasteiger charge is -2.30. The van der Waals surface area contributed by atoms with Gasteiger partial charge in [0.15, 0.2) is 0 Å². The van der Waals surface area contributed by atoms with Crippen LogP contribution in [0.15, 0.2) is 18.3 Å². The largest absolute Gasteiger partial charge is 0.390 e. The molecule has 1 aromatic rings. The predicted octanol–water partition coefficient (Wildman–Crippen LogP) is 2.34. The maximum atomic E-state index is 9.11. The second-order valence-corrected chi connectivity index (χ2v) is 4.56. The number of nitrogens with zero attached hydrogens (tertiary/aromatic N) is 2. The first kappa shape index (κ1) is 11.4. The molecule has 1 aliphatic rings. The van der Waals surface area contributed by atoms with Crippen LogP contribution in [0.3, 0.4) is 0 Å². The van der Waals surface area contributed by atoms with Crippen LogP contribution >= 0.6 is 0 Å². The highest BCUT2D eigenvalue weighted by Crippen LogP contribution is 2.31. The van der Waals surface area contributed by atoms with Crippen molar-refractivity contribution in [1.29, 1.82) is 0 Å². The van der Waals surface area contributed by atoms with Crippen molar-refractivity contribution in [3.05, 3.63) is 24.0 Å². The van der Waals surface area contributed by atoms with Gasteiger partial charge in [0.25, 0.3) is 0 Å². The highest BCUT2D eigenvalue weighted by atomic mass is 16.3. The lowest BCUT2D eigenvalue weighted by atomic mass is 10.1. The molecule has 1 fully saturated rings. The first-order valence-electron chi connectivity index (χ1n) is 6.10. The minimum Gasteiger partial charge on any atom is -0.390 e. The molecule has 0 radical (unpaired) electrons. The number of anilines is 1. The van der Waals surface area contributed by atoms with Crippen LogP contribution in [0.25, 0.3) is 0 Å². The topological polar surface area (TPSA) is 36.4 Å². The molecule has 88 valence electrons. The van der Waals surface area contributed by atoms with Crippen molar-refractivity contribution in [2.24, 2.45) is 0 Å². The van der Waals surface area contributed by atoms with Crippen molar-refractivity contribution in [3.8, 4) is 0 Å². The molecule has 0 bridgehead atoms. The first-order chi connectivity index (χ1) is 7.76. The van der Waals surface area contributed by atoms with Crippen LogP contribution in [-0.2, 0) is 6.61 Å². The Hall–Kier alpha value is -1.09. The fourth-order valence-electron chi connectivity index (χ4n) is 2.65. The first-order valence-corrected chi connectivity index (χ1v) is 6.10. The molecule has 1 aliphatic heterocycles. The van der Waals surface area contributed by atoms with Gasteiger partial charge < -0.3 is 10.0 Å². The number of hydrogen-bond acceptors (Lipinski definition) is 3. The average molecular weight is 220 g/mol. The van der Waals surface area contributed by atoms with Crippen molar-refractivity contribution in [2.45, 2.75) is 51.8 Å². The van der Waals surface area contributed by atoms with Gasteiger partial charge in [-0.05, 0) is 38.3 Å². The van der Waals surface area contributed by atoms with Gasteiger partial charge in [-0.15, -0.1) is 0 Å². The summed E-state index contributed by atoms with van der Waals surface area (Å²) < 4.78 is 0. The second kappa shape index (κ2) is 4.83. The Morgan fingerprint density at radius 1 is 1.50 bits per heavy atom. The van der Waals surface area contributed by atoms with E-state index in [0.29, 0.717) is 12.1 Å². The van der Waals surface area contributed by atoms with Crippen LogP contribution in [0.1, 0.15) is 38.8 Å². The standard InChI is InChI=1S/C13H20N2O/c1-3-12-5-4-10(2)15(12)13-6-7-14-11(8-13)9-16/h6-8,10,12,16H,3-5,9H2,1-2H3. The average Bonchev–Trinajstić information content (AvgIpc) is 2.70. The van der Waals surface area contributed by atoms with Gasteiger partial charge in [-0.3, -0.25) is 4.98 Å². The fraction of sp³-hybridized carbons (Fsp3) is 0.615. The van der Waals surface area contributed by atoms with E-state index in [1.807, 2.05) is 12.1 Å². The Balaban J connectivity index is 2.27. The fourth-order valence-corrected chi connectivity index (χ4v) is 2.65. The molecule has 1 saturated heterocycles. The third kappa shape index (κ3) is 2.05. The van der Waals surface area contributed by atoms with Gasteiger partial charge in [0, 0.05) is 24.0 Å². The minimum absolute atomic E-state index is 0.0207. The summed E-state index contributed by atoms with van der Waals surface area (Å²) in [6, 6.07) is 5.29. The molecule has 0 spiro atoms. The zero-order chi connectivity index (χ0) is 11.5. The molecule has 0 aliphatic carbocycles. The molecule has 1 aromatic heterocycles. The maximum Gasteiger partial charge on any atom is 0.0853 e. The number of aromatic nitrogens is 1. The van der Waals surface area contributed by atoms with Gasteiger partial charge in [-0.2, -0.15) is 0 Å². The van der Waals surface area contributed by atoms with Crippen molar-refractivity contribution >= 4 is 5.69 Å². The second-order valence-electron chi connectivity index (χ2n) is 4.56. The molecule has 0 saturated carbocycles. The Morgan fingerprint density at radius 2 is 2.31 bits per heavy atom. The van der Waals surface area contributed by atoms with Gasteiger partial charge in [0.05, 0.1) is 12.3 Å². The van der Waals surface area contributed by atoms with Gasteiger partial charge >= 0.3 is 0 Å². The molecule has 3 nitrogen and oxygen atoms in total. The molecule has 2 unspecified atom stereocenters. The van der Waals surface area contributed by atoms with E-state index in [1.165, 1.54) is 24.9 Å². The molecule has 16 heavy (non-hydrogen) atoms. The van der Waals surface area contributed by atoms with Crippen LogP contribution < -0.4 is 4.90 Å². The molecule has 1 N–H and O–H groups in total. The quantitative estimate of drug-likeness (QED) is 0.849. The molecule has 2 atom stereocenters. The number of aliphatic hydroxyl groups is 1. The van der Waals surface area contributed by atoms with Gasteiger partial charge in [0.2, 0.25) is 0 Å². The van der Waals surface area contributed by atoms with E-state index in [2.05, 4.69) is 23.7 Å². The summed E-state index contributed by atoms with van der Waals surface area (Å²) in [5.74, 6) is 0. The van der Waals surface area contributed by atoms with E-state index >= 15 is 0 Å². The van der Waals surface area contributed by atoms with E-state index in [-0.39, 0.29) is 6.61 Å². The third-order valence-electron chi connectivity index (χ3n) is 3.52. The predicted molar refractivity (Wildman–Crippen MR) is 65.4 cm³/mol. The van der Waals surface area contributed by atoms with Gasteiger partial charge in [0.1, 0.15) is 0 Å². The normalized spacial score (nSPS) is 25.1. The highest BCUT2D eigenvalue weighted by Gasteiger charge is 2.29. The van der Waals surface area contributed by atoms with Crippen molar-refractivity contribution in [1.82, 2.24) is 4.98 Å². The Kier molecular flexibility index (Phi) is 3.44. The van der Waals surface area contributed by atoms with Gasteiger partial charge in [-0.25, -0.2) is 0 Å². The lowest BCUT2D eigenvalue weighted by molar-refractivity contribution is 0.277. The number of hydrogen-bond donors (Lipinski definition) is 1. The zero-order valence-corrected chi connectivity index (χ0v) is 10.1. The van der Waals surface area contributed by atoms with Crippen molar-refractivity contribution in [2.75, 3.05) is 4.90 Å². The van der Waals surface area contributed by atoms with E-state index in [1.54, 1.807) is 6.20 Å². The highest BCUT2D eigenvalue weighted by molar-refractivity contribution is 5.49. The Morgan fingerprint density at radius 3 is 3.00 bits per heavy atom. The monoisotopic (exact) mass is 220 g/mol. The molecular weight excluding hydrogens is 200 g/mol. The smallest absolute Gasteiger partial charge is 0.0853 e. The number of rotatable bonds is 3. The van der Waals surface area contributed by atoms with E-state index in [0.717, 1.165) is 5.69 Å². The van der Waals surface area contributed by atoms with Gasteiger partial charge in [-0.1, -0.05) is 6.92 Å². The third-order valence-corrected chi connectivity index (χ3v) is 3.52. The summed E-state index contributed by atoms with van der Waals surface area (Å²) in [5, 5.41) is 9.11. The SMILES string of the molecule is CCC1CCC(C)N1c1ccnc(CO)c1. The van der Waals surface area contributed by atoms with Crippen LogP contribution in [-0.4, -0.2) is 22.2 Å². The minimum atomic E-state index is 0.0207. The molecule has 3 heteroatoms. The number of pyridine rings is 1. The molecule has 0 amide bonds. The summed E-state index contributed by atoms with van der Waals surface area (Å²) in [7, 11) is 0. The summed E-state index contributed by atoms with van der Waals surface area (Å²) in [6.45, 7) is 4.53. The van der Waals surface area contributed by atoms with Crippen LogP contribution in [0.4, 0.5) is 5.69 Å². The molecular formula is C13H20N2O. The number of aliphatic hydroxyl groups excluding tert-OH is 1. The Labute approximate surface area is 97.1 Å². The summed E-state index contributed by atoms with van der Waals surface area (Å²) in [6.07, 6.45) is 5.50. The van der Waals surface area contributed by atoms with E-state index in [9.17, 15) is 0 Å². The maximum absolute atomic E-state index is 9.11. The molecule has 2 heterocycles. The lowest BCUT2D eigenvalue weighted by Crippen LogP contribution is -2.34.